The summed E-state index contributed by atoms with van der Waals surface area (Å²) in [6, 6.07) is 28.6. The molecule has 212 valence electrons. The molecule has 0 saturated heterocycles. The molecule has 2 amide bonds. The fourth-order valence-corrected chi connectivity index (χ4v) is 4.43. The third-order valence-electron chi connectivity index (χ3n) is 6.53. The molecule has 1 atom stereocenters. The summed E-state index contributed by atoms with van der Waals surface area (Å²) in [4.78, 5) is 28.9. The van der Waals surface area contributed by atoms with E-state index < -0.39 is 6.04 Å². The van der Waals surface area contributed by atoms with Crippen LogP contribution in [0.3, 0.4) is 0 Å². The van der Waals surface area contributed by atoms with Crippen molar-refractivity contribution >= 4 is 11.8 Å². The topological polar surface area (TPSA) is 77.1 Å². The second-order valence-electron chi connectivity index (χ2n) is 9.29. The maximum atomic E-state index is 13.8. The van der Waals surface area contributed by atoms with Crippen LogP contribution in [0.4, 0.5) is 4.39 Å². The third-order valence-corrected chi connectivity index (χ3v) is 6.53. The van der Waals surface area contributed by atoms with Gasteiger partial charge in [0.1, 0.15) is 17.6 Å². The molecule has 0 heterocycles. The van der Waals surface area contributed by atoms with Gasteiger partial charge in [0.05, 0.1) is 14.2 Å². The van der Waals surface area contributed by atoms with E-state index in [-0.39, 0.29) is 30.8 Å². The van der Waals surface area contributed by atoms with Crippen LogP contribution < -0.4 is 19.5 Å². The fourth-order valence-electron chi connectivity index (χ4n) is 4.43. The molecule has 4 aromatic rings. The van der Waals surface area contributed by atoms with Crippen molar-refractivity contribution in [3.8, 4) is 17.2 Å². The van der Waals surface area contributed by atoms with E-state index in [9.17, 15) is 14.0 Å². The molecular formula is C33H33FN2O5. The molecule has 0 aliphatic carbocycles. The largest absolute Gasteiger partial charge is 0.493 e. The van der Waals surface area contributed by atoms with Crippen LogP contribution in [0.2, 0.25) is 0 Å². The number of carbonyl (C=O) groups excluding carboxylic acids is 2. The zero-order valence-electron chi connectivity index (χ0n) is 23.1. The minimum absolute atomic E-state index is 0.0833. The van der Waals surface area contributed by atoms with E-state index in [0.29, 0.717) is 41.3 Å². The average Bonchev–Trinajstić information content (AvgIpc) is 3.01. The molecule has 4 aromatic carbocycles. The van der Waals surface area contributed by atoms with Crippen LogP contribution in [-0.4, -0.2) is 44.1 Å². The van der Waals surface area contributed by atoms with E-state index in [1.165, 1.54) is 17.0 Å². The Morgan fingerprint density at radius 2 is 1.44 bits per heavy atom. The molecule has 0 aliphatic rings. The number of amides is 2. The van der Waals surface area contributed by atoms with Crippen molar-refractivity contribution in [1.29, 1.82) is 0 Å². The SMILES string of the molecule is COc1ccc(CCNC(=O)[C@H](c2ccccc2)N(Cc2ccc(F)cc2)C(=O)COc2ccccc2)cc1OC. The summed E-state index contributed by atoms with van der Waals surface area (Å²) in [7, 11) is 3.15. The van der Waals surface area contributed by atoms with Gasteiger partial charge in [0, 0.05) is 13.1 Å². The summed E-state index contributed by atoms with van der Waals surface area (Å²) in [5.41, 5.74) is 2.28. The Balaban J connectivity index is 1.56. The average molecular weight is 557 g/mol. The van der Waals surface area contributed by atoms with Gasteiger partial charge in [-0.05, 0) is 59.5 Å². The predicted molar refractivity (Wildman–Crippen MR) is 154 cm³/mol. The standard InChI is InChI=1S/C33H33FN2O5/c1-39-29-18-15-24(21-30(29)40-2)19-20-35-33(38)32(26-9-5-3-6-10-26)36(22-25-13-16-27(34)17-14-25)31(37)23-41-28-11-7-4-8-12-28/h3-18,21,32H,19-20,22-23H2,1-2H3,(H,35,38)/t32-/m0/s1. The Morgan fingerprint density at radius 1 is 0.805 bits per heavy atom. The van der Waals surface area contributed by atoms with Gasteiger partial charge in [-0.2, -0.15) is 0 Å². The maximum Gasteiger partial charge on any atom is 0.261 e. The number of rotatable bonds is 13. The van der Waals surface area contributed by atoms with Gasteiger partial charge in [0.25, 0.3) is 5.91 Å². The van der Waals surface area contributed by atoms with E-state index in [4.69, 9.17) is 14.2 Å². The van der Waals surface area contributed by atoms with Crippen molar-refractivity contribution in [3.63, 3.8) is 0 Å². The lowest BCUT2D eigenvalue weighted by molar-refractivity contribution is -0.143. The van der Waals surface area contributed by atoms with Crippen molar-refractivity contribution in [1.82, 2.24) is 10.2 Å². The Labute approximate surface area is 239 Å². The first kappa shape index (κ1) is 29.1. The first-order valence-electron chi connectivity index (χ1n) is 13.2. The number of hydrogen-bond donors (Lipinski definition) is 1. The van der Waals surface area contributed by atoms with Crippen molar-refractivity contribution in [3.05, 3.63) is 126 Å². The zero-order chi connectivity index (χ0) is 29.0. The fraction of sp³-hybridized carbons (Fsp3) is 0.212. The lowest BCUT2D eigenvalue weighted by Crippen LogP contribution is -2.45. The summed E-state index contributed by atoms with van der Waals surface area (Å²) >= 11 is 0. The number of ether oxygens (including phenoxy) is 3. The molecule has 0 aliphatic heterocycles. The van der Waals surface area contributed by atoms with E-state index in [2.05, 4.69) is 5.32 Å². The van der Waals surface area contributed by atoms with Crippen molar-refractivity contribution in [2.45, 2.75) is 19.0 Å². The van der Waals surface area contributed by atoms with Crippen LogP contribution in [0.1, 0.15) is 22.7 Å². The molecule has 0 radical (unpaired) electrons. The van der Waals surface area contributed by atoms with Gasteiger partial charge in [-0.25, -0.2) is 4.39 Å². The van der Waals surface area contributed by atoms with Crippen LogP contribution >= 0.6 is 0 Å². The van der Waals surface area contributed by atoms with Gasteiger partial charge < -0.3 is 24.4 Å². The highest BCUT2D eigenvalue weighted by atomic mass is 19.1. The lowest BCUT2D eigenvalue weighted by Gasteiger charge is -2.31. The third kappa shape index (κ3) is 8.08. The molecule has 7 nitrogen and oxygen atoms in total. The number of nitrogens with one attached hydrogen (secondary N) is 1. The smallest absolute Gasteiger partial charge is 0.261 e. The molecule has 0 unspecified atom stereocenters. The Morgan fingerprint density at radius 3 is 2.10 bits per heavy atom. The zero-order valence-corrected chi connectivity index (χ0v) is 23.1. The van der Waals surface area contributed by atoms with Crippen LogP contribution in [-0.2, 0) is 22.6 Å². The van der Waals surface area contributed by atoms with Crippen LogP contribution in [0.15, 0.2) is 103 Å². The maximum absolute atomic E-state index is 13.8. The number of methoxy groups -OCH3 is 2. The normalized spacial score (nSPS) is 11.3. The predicted octanol–water partition coefficient (Wildman–Crippen LogP) is 5.35. The quantitative estimate of drug-likeness (QED) is 0.240. The summed E-state index contributed by atoms with van der Waals surface area (Å²) in [6.45, 7) is 0.143. The van der Waals surface area contributed by atoms with Crippen molar-refractivity contribution in [2.24, 2.45) is 0 Å². The Hall–Kier alpha value is -4.85. The van der Waals surface area contributed by atoms with Gasteiger partial charge in [-0.3, -0.25) is 9.59 Å². The highest BCUT2D eigenvalue weighted by Gasteiger charge is 2.31. The number of nitrogens with zero attached hydrogens (tertiary/aromatic N) is 1. The first-order valence-corrected chi connectivity index (χ1v) is 13.2. The van der Waals surface area contributed by atoms with Gasteiger partial charge in [0.2, 0.25) is 5.91 Å². The molecule has 0 aromatic heterocycles. The van der Waals surface area contributed by atoms with Gasteiger partial charge >= 0.3 is 0 Å². The molecule has 0 saturated carbocycles. The Bertz CT molecular complexity index is 1420. The molecule has 0 fully saturated rings. The van der Waals surface area contributed by atoms with E-state index in [1.54, 1.807) is 38.5 Å². The van der Waals surface area contributed by atoms with E-state index in [0.717, 1.165) is 5.56 Å². The van der Waals surface area contributed by atoms with Gasteiger partial charge in [-0.15, -0.1) is 0 Å². The Kier molecular flexibility index (Phi) is 10.3. The summed E-state index contributed by atoms with van der Waals surface area (Å²) in [5, 5.41) is 2.99. The molecule has 41 heavy (non-hydrogen) atoms. The summed E-state index contributed by atoms with van der Waals surface area (Å²) in [5.74, 6) is 0.656. The number of carbonyl (C=O) groups is 2. The highest BCUT2D eigenvalue weighted by Crippen LogP contribution is 2.28. The number of hydrogen-bond acceptors (Lipinski definition) is 5. The second kappa shape index (κ2) is 14.5. The minimum atomic E-state index is -0.946. The van der Waals surface area contributed by atoms with E-state index >= 15 is 0 Å². The molecule has 1 N–H and O–H groups in total. The summed E-state index contributed by atoms with van der Waals surface area (Å²) in [6.07, 6.45) is 0.538. The van der Waals surface area contributed by atoms with Crippen LogP contribution in [0, 0.1) is 5.82 Å². The highest BCUT2D eigenvalue weighted by molar-refractivity contribution is 5.89. The molecular weight excluding hydrogens is 523 g/mol. The van der Waals surface area contributed by atoms with E-state index in [1.807, 2.05) is 66.7 Å². The number of para-hydroxylation sites is 1. The number of halogens is 1. The van der Waals surface area contributed by atoms with Gasteiger partial charge in [-0.1, -0.05) is 66.7 Å². The molecule has 0 spiro atoms. The summed E-state index contributed by atoms with van der Waals surface area (Å²) < 4.78 is 30.1. The molecule has 4 rings (SSSR count). The lowest BCUT2D eigenvalue weighted by atomic mass is 10.0. The molecule has 8 heteroatoms. The van der Waals surface area contributed by atoms with Crippen LogP contribution in [0.5, 0.6) is 17.2 Å². The first-order chi connectivity index (χ1) is 20.0. The van der Waals surface area contributed by atoms with Crippen molar-refractivity contribution < 1.29 is 28.2 Å². The van der Waals surface area contributed by atoms with Crippen LogP contribution in [0.25, 0.3) is 0 Å². The number of benzene rings is 4. The monoisotopic (exact) mass is 556 g/mol. The molecule has 0 bridgehead atoms. The second-order valence-corrected chi connectivity index (χ2v) is 9.29. The van der Waals surface area contributed by atoms with Crippen molar-refractivity contribution in [2.75, 3.05) is 27.4 Å². The minimum Gasteiger partial charge on any atom is -0.493 e. The van der Waals surface area contributed by atoms with Gasteiger partial charge in [0.15, 0.2) is 18.1 Å².